The molecule has 0 saturated carbocycles. The number of nitrogens with zero attached hydrogens (tertiary/aromatic N) is 2. The average Bonchev–Trinajstić information content (AvgIpc) is 2.80. The van der Waals surface area contributed by atoms with Crippen molar-refractivity contribution in [1.82, 2.24) is 4.98 Å². The van der Waals surface area contributed by atoms with Crippen LogP contribution in [0.3, 0.4) is 0 Å². The highest BCUT2D eigenvalue weighted by atomic mass is 127. The molecule has 0 aliphatic heterocycles. The van der Waals surface area contributed by atoms with Crippen LogP contribution in [-0.2, 0) is 6.54 Å². The highest BCUT2D eigenvalue weighted by Crippen LogP contribution is 2.26. The first-order valence-electron chi connectivity index (χ1n) is 5.92. The van der Waals surface area contributed by atoms with Crippen molar-refractivity contribution in [3.05, 3.63) is 46.2 Å². The minimum absolute atomic E-state index is 0. The third-order valence-corrected chi connectivity index (χ3v) is 3.52. The van der Waals surface area contributed by atoms with Gasteiger partial charge in [0.25, 0.3) is 0 Å². The Bertz CT molecular complexity index is 760. The van der Waals surface area contributed by atoms with Crippen LogP contribution in [0.1, 0.15) is 6.92 Å². The lowest BCUT2D eigenvalue weighted by Crippen LogP contribution is -3.00. The van der Waals surface area contributed by atoms with E-state index in [1.54, 1.807) is 12.1 Å². The number of hydrogen-bond donors (Lipinski definition) is 0. The zero-order valence-corrected chi connectivity index (χ0v) is 15.1. The first-order valence-corrected chi connectivity index (χ1v) is 7.09. The predicted octanol–water partition coefficient (Wildman–Crippen LogP) is 1.22. The molecule has 0 unspecified atom stereocenters. The predicted molar refractivity (Wildman–Crippen MR) is 78.0 cm³/mol. The molecule has 0 N–H and O–H groups in total. The molecule has 20 heavy (non-hydrogen) atoms. The SMILES string of the molecule is CC[n+]1cc(Br)cc(-c2nc3cc(Cl)ccc3o2)c1.[I-]. The van der Waals surface area contributed by atoms with Crippen molar-refractivity contribution in [2.24, 2.45) is 0 Å². The molecule has 0 aliphatic carbocycles. The molecule has 6 heteroatoms. The van der Waals surface area contributed by atoms with Crippen molar-refractivity contribution >= 4 is 38.6 Å². The molecular weight excluding hydrogens is 454 g/mol. The van der Waals surface area contributed by atoms with Gasteiger partial charge < -0.3 is 28.4 Å². The Labute approximate surface area is 147 Å². The number of benzene rings is 1. The summed E-state index contributed by atoms with van der Waals surface area (Å²) in [7, 11) is 0. The van der Waals surface area contributed by atoms with Gasteiger partial charge in [0.05, 0.1) is 4.47 Å². The lowest BCUT2D eigenvalue weighted by molar-refractivity contribution is -0.693. The molecule has 0 atom stereocenters. The molecule has 3 rings (SSSR count). The second kappa shape index (κ2) is 6.41. The summed E-state index contributed by atoms with van der Waals surface area (Å²) in [5.74, 6) is 0.598. The molecule has 0 saturated heterocycles. The quantitative estimate of drug-likeness (QED) is 0.421. The first-order chi connectivity index (χ1) is 9.15. The first kappa shape index (κ1) is 15.7. The highest BCUT2D eigenvalue weighted by Gasteiger charge is 2.13. The molecular formula is C14H11BrClIN2O. The molecule has 2 aromatic heterocycles. The van der Waals surface area contributed by atoms with E-state index in [9.17, 15) is 0 Å². The van der Waals surface area contributed by atoms with Gasteiger partial charge in [-0.25, -0.2) is 9.55 Å². The van der Waals surface area contributed by atoms with Crippen molar-refractivity contribution in [1.29, 1.82) is 0 Å². The third kappa shape index (κ3) is 3.15. The smallest absolute Gasteiger partial charge is 0.233 e. The summed E-state index contributed by atoms with van der Waals surface area (Å²) in [4.78, 5) is 4.48. The molecule has 104 valence electrons. The summed E-state index contributed by atoms with van der Waals surface area (Å²) >= 11 is 9.45. The molecule has 0 aliphatic rings. The Hall–Kier alpha value is -0.660. The zero-order valence-electron chi connectivity index (χ0n) is 10.6. The summed E-state index contributed by atoms with van der Waals surface area (Å²) in [6.07, 6.45) is 4.03. The van der Waals surface area contributed by atoms with Crippen LogP contribution in [-0.4, -0.2) is 4.98 Å². The monoisotopic (exact) mass is 464 g/mol. The minimum atomic E-state index is 0. The molecule has 3 nitrogen and oxygen atoms in total. The Kier molecular flexibility index (Phi) is 5.04. The standard InChI is InChI=1S/C14H11BrClN2O.HI/c1-2-18-7-9(5-10(15)8-18)14-17-12-6-11(16)3-4-13(12)19-14;/h3-8H,2H2,1H3;1H/q+1;/p-1. The number of oxazole rings is 1. The van der Waals surface area contributed by atoms with Gasteiger partial charge in [0.2, 0.25) is 5.89 Å². The lowest BCUT2D eigenvalue weighted by Gasteiger charge is -1.96. The molecule has 0 bridgehead atoms. The Balaban J connectivity index is 0.00000147. The van der Waals surface area contributed by atoms with Crippen molar-refractivity contribution < 1.29 is 33.0 Å². The topological polar surface area (TPSA) is 29.9 Å². The van der Waals surface area contributed by atoms with Gasteiger partial charge in [-0.1, -0.05) is 11.6 Å². The van der Waals surface area contributed by atoms with Crippen molar-refractivity contribution in [3.8, 4) is 11.5 Å². The minimum Gasteiger partial charge on any atom is -1.00 e. The maximum absolute atomic E-state index is 5.95. The van der Waals surface area contributed by atoms with Gasteiger partial charge in [0.1, 0.15) is 17.6 Å². The number of halogens is 3. The van der Waals surface area contributed by atoms with E-state index in [0.717, 1.165) is 27.7 Å². The fraction of sp³-hybridized carbons (Fsp3) is 0.143. The number of fused-ring (bicyclic) bond motifs is 1. The normalized spacial score (nSPS) is 10.6. The Morgan fingerprint density at radius 2 is 2.10 bits per heavy atom. The van der Waals surface area contributed by atoms with Crippen LogP contribution in [0.25, 0.3) is 22.6 Å². The summed E-state index contributed by atoms with van der Waals surface area (Å²) in [6.45, 7) is 2.97. The van der Waals surface area contributed by atoms with Gasteiger partial charge in [-0.05, 0) is 47.1 Å². The molecule has 0 spiro atoms. The van der Waals surface area contributed by atoms with Gasteiger partial charge in [-0.2, -0.15) is 0 Å². The van der Waals surface area contributed by atoms with E-state index >= 15 is 0 Å². The van der Waals surface area contributed by atoms with Gasteiger partial charge in [-0.15, -0.1) is 0 Å². The van der Waals surface area contributed by atoms with Crippen molar-refractivity contribution in [2.75, 3.05) is 0 Å². The zero-order chi connectivity index (χ0) is 13.4. The van der Waals surface area contributed by atoms with Crippen molar-refractivity contribution in [3.63, 3.8) is 0 Å². The summed E-state index contributed by atoms with van der Waals surface area (Å²) in [6, 6.07) is 7.42. The molecule has 0 amide bonds. The largest absolute Gasteiger partial charge is 1.00 e. The maximum atomic E-state index is 5.95. The van der Waals surface area contributed by atoms with Gasteiger partial charge >= 0.3 is 0 Å². The van der Waals surface area contributed by atoms with E-state index < -0.39 is 0 Å². The highest BCUT2D eigenvalue weighted by molar-refractivity contribution is 9.10. The summed E-state index contributed by atoms with van der Waals surface area (Å²) in [5.41, 5.74) is 2.44. The maximum Gasteiger partial charge on any atom is 0.233 e. The van der Waals surface area contributed by atoms with Crippen LogP contribution in [0.5, 0.6) is 0 Å². The fourth-order valence-electron chi connectivity index (χ4n) is 1.92. The van der Waals surface area contributed by atoms with Gasteiger partial charge in [-0.3, -0.25) is 0 Å². The van der Waals surface area contributed by atoms with E-state index in [1.165, 1.54) is 0 Å². The van der Waals surface area contributed by atoms with Gasteiger partial charge in [0.15, 0.2) is 18.0 Å². The third-order valence-electron chi connectivity index (χ3n) is 2.85. The van der Waals surface area contributed by atoms with Crippen LogP contribution in [0.2, 0.25) is 5.02 Å². The summed E-state index contributed by atoms with van der Waals surface area (Å²) in [5, 5.41) is 0.658. The van der Waals surface area contributed by atoms with Gasteiger partial charge in [0, 0.05) is 5.02 Å². The number of aryl methyl sites for hydroxylation is 1. The molecule has 3 aromatic rings. The Morgan fingerprint density at radius 3 is 2.85 bits per heavy atom. The number of aromatic nitrogens is 2. The number of pyridine rings is 1. The van der Waals surface area contributed by atoms with Crippen LogP contribution in [0, 0.1) is 0 Å². The van der Waals surface area contributed by atoms with E-state index in [2.05, 4.69) is 32.4 Å². The van der Waals surface area contributed by atoms with Crippen LogP contribution < -0.4 is 28.5 Å². The van der Waals surface area contributed by atoms with E-state index in [-0.39, 0.29) is 24.0 Å². The van der Waals surface area contributed by atoms with Crippen molar-refractivity contribution in [2.45, 2.75) is 13.5 Å². The number of rotatable bonds is 2. The van der Waals surface area contributed by atoms with E-state index in [1.807, 2.05) is 24.5 Å². The molecule has 0 radical (unpaired) electrons. The molecule has 2 heterocycles. The Morgan fingerprint density at radius 1 is 1.30 bits per heavy atom. The fourth-order valence-corrected chi connectivity index (χ4v) is 2.60. The van der Waals surface area contributed by atoms with Crippen LogP contribution in [0.4, 0.5) is 0 Å². The van der Waals surface area contributed by atoms with E-state index in [0.29, 0.717) is 10.9 Å². The average molecular weight is 466 g/mol. The molecule has 1 aromatic carbocycles. The number of hydrogen-bond acceptors (Lipinski definition) is 2. The second-order valence-electron chi connectivity index (χ2n) is 4.20. The van der Waals surface area contributed by atoms with Crippen LogP contribution >= 0.6 is 27.5 Å². The van der Waals surface area contributed by atoms with E-state index in [4.69, 9.17) is 16.0 Å². The summed E-state index contributed by atoms with van der Waals surface area (Å²) < 4.78 is 8.82. The molecule has 0 fully saturated rings. The van der Waals surface area contributed by atoms with Crippen LogP contribution in [0.15, 0.2) is 45.5 Å². The second-order valence-corrected chi connectivity index (χ2v) is 5.56. The lowest BCUT2D eigenvalue weighted by atomic mass is 10.3.